The number of aliphatic carboxylic acids is 1. The van der Waals surface area contributed by atoms with Gasteiger partial charge in [-0.25, -0.2) is 0 Å². The predicted octanol–water partition coefficient (Wildman–Crippen LogP) is 2.44. The summed E-state index contributed by atoms with van der Waals surface area (Å²) in [7, 11) is 0. The smallest absolute Gasteiger partial charge is 0.311 e. The normalized spacial score (nSPS) is 17.4. The fourth-order valence-corrected chi connectivity index (χ4v) is 3.25. The first-order valence-corrected chi connectivity index (χ1v) is 6.81. The van der Waals surface area contributed by atoms with Crippen LogP contribution in [0.25, 0.3) is 0 Å². The Balaban J connectivity index is 2.26. The Kier molecular flexibility index (Phi) is 2.88. The zero-order chi connectivity index (χ0) is 13.6. The van der Waals surface area contributed by atoms with Crippen molar-refractivity contribution in [2.45, 2.75) is 39.0 Å². The molecule has 4 nitrogen and oxygen atoms in total. The molecule has 19 heavy (non-hydrogen) atoms. The van der Waals surface area contributed by atoms with Crippen LogP contribution in [0.3, 0.4) is 0 Å². The highest BCUT2D eigenvalue weighted by Crippen LogP contribution is 2.47. The molecular formula is C15H18O4. The number of benzene rings is 1. The number of carboxylic acids is 1. The van der Waals surface area contributed by atoms with Crippen LogP contribution < -0.4 is 9.47 Å². The van der Waals surface area contributed by atoms with E-state index in [0.717, 1.165) is 46.6 Å². The lowest BCUT2D eigenvalue weighted by molar-refractivity contribution is -0.138. The van der Waals surface area contributed by atoms with Crippen LogP contribution >= 0.6 is 0 Å². The molecule has 0 spiro atoms. The standard InChI is InChI=1S/C15H18O4/c1-3-9(15(16)17)12-11-5-7-18-13(11)8(2)10-4-6-19-14(10)12/h9H,3-7H2,1-2H3,(H,16,17). The van der Waals surface area contributed by atoms with Crippen LogP contribution in [0.15, 0.2) is 0 Å². The predicted molar refractivity (Wildman–Crippen MR) is 70.2 cm³/mol. The maximum Gasteiger partial charge on any atom is 0.311 e. The molecule has 1 N–H and O–H groups in total. The Morgan fingerprint density at radius 3 is 2.47 bits per heavy atom. The Bertz CT molecular complexity index is 513. The SMILES string of the molecule is CCC(C(=O)O)c1c2c(c(C)c3c1OCC3)OCC2. The van der Waals surface area contributed by atoms with E-state index >= 15 is 0 Å². The van der Waals surface area contributed by atoms with E-state index in [1.807, 2.05) is 13.8 Å². The van der Waals surface area contributed by atoms with Crippen molar-refractivity contribution >= 4 is 5.97 Å². The number of carboxylic acid groups (broad SMARTS) is 1. The van der Waals surface area contributed by atoms with Crippen LogP contribution in [0.4, 0.5) is 0 Å². The molecule has 1 aromatic carbocycles. The lowest BCUT2D eigenvalue weighted by Gasteiger charge is -2.19. The second-order valence-corrected chi connectivity index (χ2v) is 5.15. The van der Waals surface area contributed by atoms with Gasteiger partial charge in [0.2, 0.25) is 0 Å². The summed E-state index contributed by atoms with van der Waals surface area (Å²) >= 11 is 0. The molecular weight excluding hydrogens is 244 g/mol. The quantitative estimate of drug-likeness (QED) is 0.909. The first-order chi connectivity index (χ1) is 9.15. The molecule has 2 aliphatic rings. The highest BCUT2D eigenvalue weighted by Gasteiger charge is 2.34. The molecule has 0 bridgehead atoms. The van der Waals surface area contributed by atoms with Crippen molar-refractivity contribution in [1.29, 1.82) is 0 Å². The van der Waals surface area contributed by atoms with E-state index < -0.39 is 11.9 Å². The third-order valence-electron chi connectivity index (χ3n) is 4.16. The third kappa shape index (κ3) is 1.70. The molecule has 2 heterocycles. The minimum atomic E-state index is -0.779. The fraction of sp³-hybridized carbons (Fsp3) is 0.533. The van der Waals surface area contributed by atoms with E-state index in [4.69, 9.17) is 9.47 Å². The van der Waals surface area contributed by atoms with Gasteiger partial charge in [-0.2, -0.15) is 0 Å². The fourth-order valence-electron chi connectivity index (χ4n) is 3.25. The number of carbonyl (C=O) groups is 1. The number of hydrogen-bond donors (Lipinski definition) is 1. The number of rotatable bonds is 3. The van der Waals surface area contributed by atoms with E-state index in [9.17, 15) is 9.90 Å². The van der Waals surface area contributed by atoms with Crippen LogP contribution in [-0.4, -0.2) is 24.3 Å². The number of hydrogen-bond acceptors (Lipinski definition) is 3. The summed E-state index contributed by atoms with van der Waals surface area (Å²) in [5.41, 5.74) is 4.17. The monoisotopic (exact) mass is 262 g/mol. The van der Waals surface area contributed by atoms with Gasteiger partial charge in [-0.1, -0.05) is 6.92 Å². The largest absolute Gasteiger partial charge is 0.493 e. The van der Waals surface area contributed by atoms with Crippen molar-refractivity contribution in [2.75, 3.05) is 13.2 Å². The highest BCUT2D eigenvalue weighted by molar-refractivity contribution is 5.80. The Morgan fingerprint density at radius 2 is 1.84 bits per heavy atom. The summed E-state index contributed by atoms with van der Waals surface area (Å²) in [6, 6.07) is 0. The average molecular weight is 262 g/mol. The maximum absolute atomic E-state index is 11.5. The van der Waals surface area contributed by atoms with Gasteiger partial charge in [0.05, 0.1) is 19.1 Å². The first-order valence-electron chi connectivity index (χ1n) is 6.81. The molecule has 1 unspecified atom stereocenters. The molecule has 0 radical (unpaired) electrons. The first kappa shape index (κ1) is 12.3. The van der Waals surface area contributed by atoms with E-state index in [-0.39, 0.29) is 0 Å². The molecule has 2 aliphatic heterocycles. The van der Waals surface area contributed by atoms with Crippen molar-refractivity contribution in [1.82, 2.24) is 0 Å². The van der Waals surface area contributed by atoms with Gasteiger partial charge >= 0.3 is 5.97 Å². The molecule has 0 fully saturated rings. The second-order valence-electron chi connectivity index (χ2n) is 5.15. The van der Waals surface area contributed by atoms with E-state index in [0.29, 0.717) is 19.6 Å². The van der Waals surface area contributed by atoms with Crippen LogP contribution in [0.2, 0.25) is 0 Å². The van der Waals surface area contributed by atoms with Crippen molar-refractivity contribution in [2.24, 2.45) is 0 Å². The molecule has 102 valence electrons. The molecule has 0 amide bonds. The minimum absolute atomic E-state index is 0.497. The van der Waals surface area contributed by atoms with Gasteiger partial charge in [-0.05, 0) is 18.9 Å². The van der Waals surface area contributed by atoms with Gasteiger partial charge in [0.1, 0.15) is 11.5 Å². The Labute approximate surface area is 112 Å². The van der Waals surface area contributed by atoms with Crippen molar-refractivity contribution < 1.29 is 19.4 Å². The number of ether oxygens (including phenoxy) is 2. The summed E-state index contributed by atoms with van der Waals surface area (Å²) in [5, 5.41) is 9.46. The minimum Gasteiger partial charge on any atom is -0.493 e. The molecule has 0 aliphatic carbocycles. The second kappa shape index (κ2) is 4.44. The van der Waals surface area contributed by atoms with Gasteiger partial charge in [0, 0.05) is 29.5 Å². The summed E-state index contributed by atoms with van der Waals surface area (Å²) in [5.74, 6) is 0.441. The number of fused-ring (bicyclic) bond motifs is 2. The topological polar surface area (TPSA) is 55.8 Å². The average Bonchev–Trinajstić information content (AvgIpc) is 3.02. The Hall–Kier alpha value is -1.71. The van der Waals surface area contributed by atoms with Crippen molar-refractivity contribution in [3.63, 3.8) is 0 Å². The molecule has 1 aromatic rings. The van der Waals surface area contributed by atoms with Gasteiger partial charge in [-0.3, -0.25) is 4.79 Å². The maximum atomic E-state index is 11.5. The molecule has 1 atom stereocenters. The molecule has 0 saturated carbocycles. The molecule has 4 heteroatoms. The van der Waals surface area contributed by atoms with Gasteiger partial charge in [0.15, 0.2) is 0 Å². The lowest BCUT2D eigenvalue weighted by atomic mass is 9.86. The van der Waals surface area contributed by atoms with E-state index in [1.165, 1.54) is 0 Å². The summed E-state index contributed by atoms with van der Waals surface area (Å²) < 4.78 is 11.5. The van der Waals surface area contributed by atoms with Crippen molar-refractivity contribution in [3.05, 3.63) is 22.3 Å². The van der Waals surface area contributed by atoms with E-state index in [2.05, 4.69) is 0 Å². The van der Waals surface area contributed by atoms with Crippen LogP contribution in [0, 0.1) is 6.92 Å². The van der Waals surface area contributed by atoms with Crippen molar-refractivity contribution in [3.8, 4) is 11.5 Å². The van der Waals surface area contributed by atoms with Gasteiger partial charge in [-0.15, -0.1) is 0 Å². The van der Waals surface area contributed by atoms with Gasteiger partial charge < -0.3 is 14.6 Å². The zero-order valence-electron chi connectivity index (χ0n) is 11.3. The highest BCUT2D eigenvalue weighted by atomic mass is 16.5. The van der Waals surface area contributed by atoms with Gasteiger partial charge in [0.25, 0.3) is 0 Å². The van der Waals surface area contributed by atoms with Crippen LogP contribution in [0.5, 0.6) is 11.5 Å². The zero-order valence-corrected chi connectivity index (χ0v) is 11.3. The van der Waals surface area contributed by atoms with Crippen LogP contribution in [0.1, 0.15) is 41.5 Å². The molecule has 0 saturated heterocycles. The lowest BCUT2D eigenvalue weighted by Crippen LogP contribution is -2.14. The van der Waals surface area contributed by atoms with E-state index in [1.54, 1.807) is 0 Å². The molecule has 0 aromatic heterocycles. The summed E-state index contributed by atoms with van der Waals surface area (Å²) in [4.78, 5) is 11.5. The Morgan fingerprint density at radius 1 is 1.21 bits per heavy atom. The molecule has 3 rings (SSSR count). The third-order valence-corrected chi connectivity index (χ3v) is 4.16. The van der Waals surface area contributed by atoms with Crippen LogP contribution in [-0.2, 0) is 17.6 Å². The summed E-state index contributed by atoms with van der Waals surface area (Å²) in [6.07, 6.45) is 2.20. The summed E-state index contributed by atoms with van der Waals surface area (Å²) in [6.45, 7) is 5.23.